The molecule has 1 aromatic heterocycles. The quantitative estimate of drug-likeness (QED) is 0.765. The van der Waals surface area contributed by atoms with E-state index in [9.17, 15) is 0 Å². The van der Waals surface area contributed by atoms with Gasteiger partial charge in [-0.05, 0) is 31.0 Å². The lowest BCUT2D eigenvalue weighted by Gasteiger charge is -1.97. The van der Waals surface area contributed by atoms with Crippen molar-refractivity contribution < 1.29 is 4.52 Å². The summed E-state index contributed by atoms with van der Waals surface area (Å²) in [5, 5.41) is 3.59. The van der Waals surface area contributed by atoms with Crippen molar-refractivity contribution >= 4 is 11.6 Å². The fourth-order valence-corrected chi connectivity index (χ4v) is 1.49. The zero-order valence-corrected chi connectivity index (χ0v) is 10.0. The first-order valence-electron chi connectivity index (χ1n) is 5.27. The van der Waals surface area contributed by atoms with Crippen LogP contribution in [0.5, 0.6) is 0 Å². The molecule has 0 N–H and O–H groups in total. The third kappa shape index (κ3) is 2.25. The molecule has 2 rings (SSSR count). The van der Waals surface area contributed by atoms with Crippen molar-refractivity contribution in [1.29, 1.82) is 0 Å². The Bertz CT molecular complexity index is 462. The molecule has 0 saturated carbocycles. The number of rotatable bonds is 3. The molecule has 1 unspecified atom stereocenters. The second kappa shape index (κ2) is 4.66. The predicted molar refractivity (Wildman–Crippen MR) is 63.4 cm³/mol. The van der Waals surface area contributed by atoms with Crippen LogP contribution in [-0.2, 0) is 6.42 Å². The Hall–Kier alpha value is -1.35. The second-order valence-corrected chi connectivity index (χ2v) is 4.28. The van der Waals surface area contributed by atoms with Crippen LogP contribution in [0.2, 0.25) is 0 Å². The van der Waals surface area contributed by atoms with Gasteiger partial charge in [-0.3, -0.25) is 0 Å². The van der Waals surface area contributed by atoms with Gasteiger partial charge in [-0.15, -0.1) is 11.6 Å². The molecule has 0 bridgehead atoms. The molecular formula is C12H13ClN2O. The van der Waals surface area contributed by atoms with E-state index in [1.54, 1.807) is 0 Å². The van der Waals surface area contributed by atoms with Gasteiger partial charge in [-0.2, -0.15) is 4.98 Å². The minimum absolute atomic E-state index is 0.229. The highest BCUT2D eigenvalue weighted by atomic mass is 35.5. The first kappa shape index (κ1) is 11.1. The maximum Gasteiger partial charge on any atom is 0.257 e. The van der Waals surface area contributed by atoms with Crippen LogP contribution in [0, 0.1) is 0 Å². The van der Waals surface area contributed by atoms with E-state index < -0.39 is 0 Å². The summed E-state index contributed by atoms with van der Waals surface area (Å²) in [6.07, 6.45) is 1.02. The van der Waals surface area contributed by atoms with Gasteiger partial charge < -0.3 is 4.52 Å². The van der Waals surface area contributed by atoms with Crippen LogP contribution in [-0.4, -0.2) is 10.1 Å². The summed E-state index contributed by atoms with van der Waals surface area (Å²) in [5.74, 6) is 1.04. The van der Waals surface area contributed by atoms with E-state index in [0.717, 1.165) is 12.0 Å². The van der Waals surface area contributed by atoms with Crippen molar-refractivity contribution in [2.24, 2.45) is 0 Å². The van der Waals surface area contributed by atoms with Gasteiger partial charge in [0.25, 0.3) is 5.89 Å². The molecule has 0 saturated heterocycles. The highest BCUT2D eigenvalue weighted by Gasteiger charge is 2.12. The topological polar surface area (TPSA) is 38.9 Å². The summed E-state index contributed by atoms with van der Waals surface area (Å²) in [7, 11) is 0. The maximum atomic E-state index is 5.87. The van der Waals surface area contributed by atoms with Crippen LogP contribution in [0.1, 0.15) is 30.6 Å². The average Bonchev–Trinajstić information content (AvgIpc) is 2.78. The molecule has 0 spiro atoms. The molecule has 0 aliphatic rings. The third-order valence-electron chi connectivity index (χ3n) is 2.41. The van der Waals surface area contributed by atoms with Crippen LogP contribution < -0.4 is 0 Å². The molecular weight excluding hydrogens is 224 g/mol. The number of hydrogen-bond donors (Lipinski definition) is 0. The number of alkyl halides is 1. The number of hydrogen-bond acceptors (Lipinski definition) is 3. The van der Waals surface area contributed by atoms with Crippen molar-refractivity contribution in [3.05, 3.63) is 35.7 Å². The third-order valence-corrected chi connectivity index (χ3v) is 2.60. The van der Waals surface area contributed by atoms with E-state index in [4.69, 9.17) is 16.1 Å². The zero-order valence-electron chi connectivity index (χ0n) is 9.27. The lowest BCUT2D eigenvalue weighted by molar-refractivity contribution is 0.422. The van der Waals surface area contributed by atoms with E-state index in [-0.39, 0.29) is 5.38 Å². The minimum Gasteiger partial charge on any atom is -0.334 e. The van der Waals surface area contributed by atoms with E-state index >= 15 is 0 Å². The number of benzene rings is 1. The van der Waals surface area contributed by atoms with Crippen LogP contribution in [0.25, 0.3) is 11.5 Å². The summed E-state index contributed by atoms with van der Waals surface area (Å²) in [6, 6.07) is 8.08. The van der Waals surface area contributed by atoms with Gasteiger partial charge in [-0.1, -0.05) is 24.2 Å². The fourth-order valence-electron chi connectivity index (χ4n) is 1.40. The average molecular weight is 237 g/mol. The molecule has 1 aromatic carbocycles. The number of aryl methyl sites for hydroxylation is 1. The number of aromatic nitrogens is 2. The summed E-state index contributed by atoms with van der Waals surface area (Å²) >= 11 is 5.87. The van der Waals surface area contributed by atoms with Crippen molar-refractivity contribution in [3.8, 4) is 11.5 Å². The molecule has 16 heavy (non-hydrogen) atoms. The van der Waals surface area contributed by atoms with Gasteiger partial charge in [0.05, 0.1) is 5.38 Å². The monoisotopic (exact) mass is 236 g/mol. The van der Waals surface area contributed by atoms with Crippen LogP contribution in [0.4, 0.5) is 0 Å². The Morgan fingerprint density at radius 2 is 2.00 bits per heavy atom. The van der Waals surface area contributed by atoms with Crippen molar-refractivity contribution in [1.82, 2.24) is 10.1 Å². The Morgan fingerprint density at radius 3 is 2.50 bits per heavy atom. The second-order valence-electron chi connectivity index (χ2n) is 3.62. The summed E-state index contributed by atoms with van der Waals surface area (Å²) in [6.45, 7) is 3.94. The Labute approximate surface area is 99.4 Å². The van der Waals surface area contributed by atoms with E-state index in [2.05, 4.69) is 29.2 Å². The van der Waals surface area contributed by atoms with E-state index in [1.807, 2.05) is 19.1 Å². The summed E-state index contributed by atoms with van der Waals surface area (Å²) < 4.78 is 5.14. The molecule has 84 valence electrons. The highest BCUT2D eigenvalue weighted by molar-refractivity contribution is 6.20. The lowest BCUT2D eigenvalue weighted by atomic mass is 10.1. The first-order chi connectivity index (χ1) is 7.70. The Morgan fingerprint density at radius 1 is 1.31 bits per heavy atom. The normalized spacial score (nSPS) is 12.7. The number of halogens is 1. The minimum atomic E-state index is -0.229. The van der Waals surface area contributed by atoms with Gasteiger partial charge in [0.1, 0.15) is 0 Å². The summed E-state index contributed by atoms with van der Waals surface area (Å²) in [5.41, 5.74) is 2.21. The molecule has 2 aromatic rings. The maximum absolute atomic E-state index is 5.87. The van der Waals surface area contributed by atoms with Gasteiger partial charge in [0.2, 0.25) is 0 Å². The van der Waals surface area contributed by atoms with Gasteiger partial charge in [0.15, 0.2) is 5.82 Å². The molecule has 0 amide bonds. The van der Waals surface area contributed by atoms with Gasteiger partial charge in [0, 0.05) is 5.56 Å². The van der Waals surface area contributed by atoms with Gasteiger partial charge in [-0.25, -0.2) is 0 Å². The van der Waals surface area contributed by atoms with Crippen molar-refractivity contribution in [3.63, 3.8) is 0 Å². The van der Waals surface area contributed by atoms with Crippen LogP contribution >= 0.6 is 11.6 Å². The summed E-state index contributed by atoms with van der Waals surface area (Å²) in [4.78, 5) is 4.23. The van der Waals surface area contributed by atoms with Crippen molar-refractivity contribution in [2.45, 2.75) is 25.6 Å². The molecule has 0 aliphatic heterocycles. The predicted octanol–water partition coefficient (Wildman–Crippen LogP) is 3.60. The smallest absolute Gasteiger partial charge is 0.257 e. The fraction of sp³-hybridized carbons (Fsp3) is 0.333. The van der Waals surface area contributed by atoms with Crippen molar-refractivity contribution in [2.75, 3.05) is 0 Å². The van der Waals surface area contributed by atoms with Gasteiger partial charge >= 0.3 is 0 Å². The first-order valence-corrected chi connectivity index (χ1v) is 5.71. The molecule has 1 atom stereocenters. The zero-order chi connectivity index (χ0) is 11.5. The lowest BCUT2D eigenvalue weighted by Crippen LogP contribution is -1.87. The Kier molecular flexibility index (Phi) is 3.25. The standard InChI is InChI=1S/C12H13ClN2O/c1-3-9-4-6-10(7-5-9)12-14-11(8(2)13)15-16-12/h4-8H,3H2,1-2H3. The molecule has 0 aliphatic carbocycles. The SMILES string of the molecule is CCc1ccc(-c2nc(C(C)Cl)no2)cc1. The van der Waals surface area contributed by atoms with Crippen LogP contribution in [0.3, 0.4) is 0 Å². The molecule has 0 fully saturated rings. The molecule has 1 heterocycles. The van der Waals surface area contributed by atoms with Crippen LogP contribution in [0.15, 0.2) is 28.8 Å². The van der Waals surface area contributed by atoms with E-state index in [0.29, 0.717) is 11.7 Å². The molecule has 0 radical (unpaired) electrons. The highest BCUT2D eigenvalue weighted by Crippen LogP contribution is 2.22. The Balaban J connectivity index is 2.28. The number of nitrogens with zero attached hydrogens (tertiary/aromatic N) is 2. The molecule has 4 heteroatoms. The van der Waals surface area contributed by atoms with E-state index in [1.165, 1.54) is 5.56 Å². The molecule has 3 nitrogen and oxygen atoms in total. The largest absolute Gasteiger partial charge is 0.334 e.